The summed E-state index contributed by atoms with van der Waals surface area (Å²) in [5.74, 6) is 0.203. The second kappa shape index (κ2) is 5.22. The van der Waals surface area contributed by atoms with E-state index in [2.05, 4.69) is 4.99 Å². The highest BCUT2D eigenvalue weighted by Crippen LogP contribution is 2.34. The molecule has 1 aromatic rings. The number of halogens is 5. The number of benzene rings is 1. The van der Waals surface area contributed by atoms with Gasteiger partial charge in [0.25, 0.3) is 0 Å². The van der Waals surface area contributed by atoms with Crippen molar-refractivity contribution in [3.05, 3.63) is 27.3 Å². The van der Waals surface area contributed by atoms with Gasteiger partial charge in [-0.15, -0.1) is 11.6 Å². The number of nitrogens with zero attached hydrogens (tertiary/aromatic N) is 1. The Morgan fingerprint density at radius 3 is 2.50 bits per heavy atom. The Kier molecular flexibility index (Phi) is 4.43. The summed E-state index contributed by atoms with van der Waals surface area (Å²) in [6.07, 6.45) is -4.35. The van der Waals surface area contributed by atoms with Crippen molar-refractivity contribution in [1.82, 2.24) is 0 Å². The molecule has 0 radical (unpaired) electrons. The molecule has 88 valence electrons. The van der Waals surface area contributed by atoms with Gasteiger partial charge in [-0.3, -0.25) is 0 Å². The quantitative estimate of drug-likeness (QED) is 0.372. The summed E-state index contributed by atoms with van der Waals surface area (Å²) in [7, 11) is 0. The smallest absolute Gasteiger partial charge is 0.386 e. The van der Waals surface area contributed by atoms with E-state index >= 15 is 0 Å². The fourth-order valence-electron chi connectivity index (χ4n) is 0.999. The standard InChI is InChI=1S/C9H7ClF3IN2/c10-4-8(15)16-5-1-2-6(7(14)3-5)9(11,12)13/h1-3H,4H2,(H2,15,16). The molecule has 0 aromatic heterocycles. The van der Waals surface area contributed by atoms with Crippen LogP contribution in [0.25, 0.3) is 0 Å². The minimum atomic E-state index is -4.35. The normalized spacial score (nSPS) is 12.9. The van der Waals surface area contributed by atoms with Crippen LogP contribution in [0, 0.1) is 3.57 Å². The maximum atomic E-state index is 12.4. The Morgan fingerprint density at radius 1 is 1.44 bits per heavy atom. The molecular formula is C9H7ClF3IN2. The highest BCUT2D eigenvalue weighted by atomic mass is 127. The average molecular weight is 363 g/mol. The molecule has 2 N–H and O–H groups in total. The topological polar surface area (TPSA) is 38.4 Å². The van der Waals surface area contributed by atoms with Crippen LogP contribution in [0.4, 0.5) is 18.9 Å². The number of hydrogen-bond donors (Lipinski definition) is 1. The summed E-state index contributed by atoms with van der Waals surface area (Å²) in [4.78, 5) is 3.85. The Hall–Kier alpha value is -0.500. The molecule has 0 spiro atoms. The van der Waals surface area contributed by atoms with Crippen molar-refractivity contribution in [2.24, 2.45) is 10.7 Å². The number of rotatable bonds is 2. The second-order valence-corrected chi connectivity index (χ2v) is 4.33. The van der Waals surface area contributed by atoms with Crippen LogP contribution < -0.4 is 5.73 Å². The molecule has 0 saturated carbocycles. The van der Waals surface area contributed by atoms with Gasteiger partial charge in [0, 0.05) is 3.57 Å². The molecule has 0 atom stereocenters. The lowest BCUT2D eigenvalue weighted by atomic mass is 10.2. The first kappa shape index (κ1) is 13.6. The van der Waals surface area contributed by atoms with Crippen LogP contribution in [0.2, 0.25) is 0 Å². The minimum Gasteiger partial charge on any atom is -0.386 e. The molecule has 1 rings (SSSR count). The van der Waals surface area contributed by atoms with Crippen molar-refractivity contribution < 1.29 is 13.2 Å². The lowest BCUT2D eigenvalue weighted by Gasteiger charge is -2.09. The monoisotopic (exact) mass is 362 g/mol. The van der Waals surface area contributed by atoms with Gasteiger partial charge in [-0.1, -0.05) is 0 Å². The predicted molar refractivity (Wildman–Crippen MR) is 66.2 cm³/mol. The third-order valence-corrected chi connectivity index (χ3v) is 2.83. The van der Waals surface area contributed by atoms with E-state index in [0.717, 1.165) is 6.07 Å². The third-order valence-electron chi connectivity index (χ3n) is 1.67. The minimum absolute atomic E-state index is 0.0393. The number of amidine groups is 1. The molecule has 0 unspecified atom stereocenters. The zero-order valence-corrected chi connectivity index (χ0v) is 10.8. The van der Waals surface area contributed by atoms with Crippen molar-refractivity contribution in [2.75, 3.05) is 5.88 Å². The van der Waals surface area contributed by atoms with Crippen LogP contribution in [0.1, 0.15) is 5.56 Å². The van der Waals surface area contributed by atoms with Crippen molar-refractivity contribution in [2.45, 2.75) is 6.18 Å². The van der Waals surface area contributed by atoms with Crippen LogP contribution in [-0.4, -0.2) is 11.7 Å². The SMILES string of the molecule is NC(CCl)=Nc1ccc(C(F)(F)F)c(I)c1. The van der Waals surface area contributed by atoms with Crippen molar-refractivity contribution in [3.8, 4) is 0 Å². The van der Waals surface area contributed by atoms with E-state index in [4.69, 9.17) is 17.3 Å². The first-order chi connectivity index (χ1) is 7.34. The molecular weight excluding hydrogens is 355 g/mol. The number of nitrogens with two attached hydrogens (primary N) is 1. The van der Waals surface area contributed by atoms with Gasteiger partial charge in [0.15, 0.2) is 0 Å². The van der Waals surface area contributed by atoms with E-state index in [-0.39, 0.29) is 15.3 Å². The second-order valence-electron chi connectivity index (χ2n) is 2.90. The number of aliphatic imine (C=N–C) groups is 1. The van der Waals surface area contributed by atoms with Crippen LogP contribution >= 0.6 is 34.2 Å². The van der Waals surface area contributed by atoms with Gasteiger partial charge in [-0.05, 0) is 40.8 Å². The summed E-state index contributed by atoms with van der Waals surface area (Å²) >= 11 is 7.01. The molecule has 0 saturated heterocycles. The summed E-state index contributed by atoms with van der Waals surface area (Å²) in [5.41, 5.74) is 5.05. The van der Waals surface area contributed by atoms with E-state index in [1.165, 1.54) is 12.1 Å². The van der Waals surface area contributed by atoms with E-state index in [1.807, 2.05) is 0 Å². The van der Waals surface area contributed by atoms with E-state index in [1.54, 1.807) is 22.6 Å². The summed E-state index contributed by atoms with van der Waals surface area (Å²) in [5, 5.41) is 0. The molecule has 0 heterocycles. The maximum Gasteiger partial charge on any atom is 0.417 e. The Morgan fingerprint density at radius 2 is 2.06 bits per heavy atom. The van der Waals surface area contributed by atoms with Gasteiger partial charge >= 0.3 is 6.18 Å². The Bertz CT molecular complexity index is 418. The molecule has 0 bridgehead atoms. The third kappa shape index (κ3) is 3.51. The molecule has 16 heavy (non-hydrogen) atoms. The zero-order chi connectivity index (χ0) is 12.3. The van der Waals surface area contributed by atoms with Crippen LogP contribution in [0.3, 0.4) is 0 Å². The Labute approximate surface area is 109 Å². The fourth-order valence-corrected chi connectivity index (χ4v) is 1.86. The van der Waals surface area contributed by atoms with Crippen molar-refractivity contribution in [1.29, 1.82) is 0 Å². The van der Waals surface area contributed by atoms with Crippen molar-refractivity contribution in [3.63, 3.8) is 0 Å². The first-order valence-electron chi connectivity index (χ1n) is 4.10. The molecule has 0 amide bonds. The number of alkyl halides is 4. The Balaban J connectivity index is 3.10. The lowest BCUT2D eigenvalue weighted by Crippen LogP contribution is -2.12. The fraction of sp³-hybridized carbons (Fsp3) is 0.222. The summed E-state index contributed by atoms with van der Waals surface area (Å²) < 4.78 is 37.3. The lowest BCUT2D eigenvalue weighted by molar-refractivity contribution is -0.138. The molecule has 1 aromatic carbocycles. The van der Waals surface area contributed by atoms with Gasteiger partial charge in [0.05, 0.1) is 17.1 Å². The molecule has 0 fully saturated rings. The largest absolute Gasteiger partial charge is 0.417 e. The van der Waals surface area contributed by atoms with E-state index < -0.39 is 11.7 Å². The average Bonchev–Trinajstić information content (AvgIpc) is 2.15. The highest BCUT2D eigenvalue weighted by molar-refractivity contribution is 14.1. The molecule has 0 aliphatic carbocycles. The predicted octanol–water partition coefficient (Wildman–Crippen LogP) is 3.54. The summed E-state index contributed by atoms with van der Waals surface area (Å²) in [6.45, 7) is 0. The molecule has 7 heteroatoms. The van der Waals surface area contributed by atoms with Gasteiger partial charge in [-0.2, -0.15) is 13.2 Å². The first-order valence-corrected chi connectivity index (χ1v) is 5.71. The summed E-state index contributed by atoms with van der Waals surface area (Å²) in [6, 6.07) is 3.54. The van der Waals surface area contributed by atoms with Crippen LogP contribution in [0.15, 0.2) is 23.2 Å². The van der Waals surface area contributed by atoms with Crippen LogP contribution in [-0.2, 0) is 6.18 Å². The van der Waals surface area contributed by atoms with E-state index in [0.29, 0.717) is 5.69 Å². The highest BCUT2D eigenvalue weighted by Gasteiger charge is 2.32. The number of hydrogen-bond acceptors (Lipinski definition) is 1. The zero-order valence-electron chi connectivity index (χ0n) is 7.85. The van der Waals surface area contributed by atoms with Gasteiger partial charge in [0.2, 0.25) is 0 Å². The van der Waals surface area contributed by atoms with Gasteiger partial charge in [0.1, 0.15) is 5.84 Å². The van der Waals surface area contributed by atoms with Gasteiger partial charge < -0.3 is 5.73 Å². The molecule has 2 nitrogen and oxygen atoms in total. The molecule has 0 aliphatic rings. The maximum absolute atomic E-state index is 12.4. The molecule has 0 aliphatic heterocycles. The van der Waals surface area contributed by atoms with Crippen LogP contribution in [0.5, 0.6) is 0 Å². The van der Waals surface area contributed by atoms with Gasteiger partial charge in [-0.25, -0.2) is 4.99 Å². The van der Waals surface area contributed by atoms with Crippen molar-refractivity contribution >= 4 is 45.7 Å². The van der Waals surface area contributed by atoms with E-state index in [9.17, 15) is 13.2 Å².